The van der Waals surface area contributed by atoms with Gasteiger partial charge in [0.05, 0.1) is 0 Å². The highest BCUT2D eigenvalue weighted by Crippen LogP contribution is 2.32. The van der Waals surface area contributed by atoms with Gasteiger partial charge in [0, 0.05) is 23.7 Å². The first-order valence-corrected chi connectivity index (χ1v) is 8.88. The zero-order valence-electron chi connectivity index (χ0n) is 16.2. The number of nitrogens with zero attached hydrogens (tertiary/aromatic N) is 1. The molecule has 0 fully saturated rings. The lowest BCUT2D eigenvalue weighted by Crippen LogP contribution is -2.10. The molecular formula is C22H22N2O4. The normalized spacial score (nSPS) is 11.3. The topological polar surface area (TPSA) is 92.4 Å². The van der Waals surface area contributed by atoms with Crippen LogP contribution < -0.4 is 5.32 Å². The van der Waals surface area contributed by atoms with Crippen LogP contribution >= 0.6 is 0 Å². The molecule has 1 amide bonds. The maximum Gasteiger partial charge on any atom is 0.358 e. The van der Waals surface area contributed by atoms with Gasteiger partial charge in [-0.25, -0.2) is 9.78 Å². The van der Waals surface area contributed by atoms with Gasteiger partial charge in [-0.05, 0) is 47.4 Å². The first kappa shape index (κ1) is 19.4. The predicted molar refractivity (Wildman–Crippen MR) is 107 cm³/mol. The van der Waals surface area contributed by atoms with E-state index in [4.69, 9.17) is 4.42 Å². The van der Waals surface area contributed by atoms with E-state index in [2.05, 4.69) is 31.1 Å². The lowest BCUT2D eigenvalue weighted by atomic mass is 9.87. The number of anilines is 1. The van der Waals surface area contributed by atoms with Gasteiger partial charge in [0.25, 0.3) is 0 Å². The number of carboxylic acid groups (broad SMARTS) is 1. The molecule has 0 saturated carbocycles. The van der Waals surface area contributed by atoms with Crippen molar-refractivity contribution in [3.8, 4) is 22.8 Å². The third-order valence-corrected chi connectivity index (χ3v) is 4.30. The zero-order valence-corrected chi connectivity index (χ0v) is 16.2. The number of aromatic nitrogens is 1. The molecule has 0 spiro atoms. The number of benzene rings is 2. The van der Waals surface area contributed by atoms with E-state index in [1.807, 2.05) is 24.3 Å². The maximum absolute atomic E-state index is 11.7. The highest BCUT2D eigenvalue weighted by Gasteiger charge is 2.22. The number of aromatic carboxylic acids is 1. The number of hydrogen-bond donors (Lipinski definition) is 2. The molecule has 0 radical (unpaired) electrons. The number of amides is 1. The number of nitrogens with one attached hydrogen (secondary N) is 1. The molecule has 2 N–H and O–H groups in total. The highest BCUT2D eigenvalue weighted by atomic mass is 16.4. The molecule has 0 aliphatic rings. The summed E-state index contributed by atoms with van der Waals surface area (Å²) in [6.07, 6.45) is 0. The van der Waals surface area contributed by atoms with Crippen LogP contribution in [0, 0.1) is 0 Å². The predicted octanol–water partition coefficient (Wildman–Crippen LogP) is 4.96. The van der Waals surface area contributed by atoms with Crippen LogP contribution in [0.4, 0.5) is 5.69 Å². The van der Waals surface area contributed by atoms with Gasteiger partial charge in [0.15, 0.2) is 11.5 Å². The second-order valence-corrected chi connectivity index (χ2v) is 7.59. The van der Waals surface area contributed by atoms with E-state index < -0.39 is 5.97 Å². The van der Waals surface area contributed by atoms with E-state index in [0.717, 1.165) is 5.56 Å². The van der Waals surface area contributed by atoms with Gasteiger partial charge in [-0.2, -0.15) is 0 Å². The molecule has 3 rings (SSSR count). The maximum atomic E-state index is 11.7. The van der Waals surface area contributed by atoms with E-state index in [1.165, 1.54) is 6.92 Å². The summed E-state index contributed by atoms with van der Waals surface area (Å²) < 4.78 is 5.82. The molecular weight excluding hydrogens is 356 g/mol. The fourth-order valence-corrected chi connectivity index (χ4v) is 2.81. The summed E-state index contributed by atoms with van der Waals surface area (Å²) >= 11 is 0. The van der Waals surface area contributed by atoms with E-state index in [1.54, 1.807) is 24.3 Å². The highest BCUT2D eigenvalue weighted by molar-refractivity contribution is 5.93. The average molecular weight is 378 g/mol. The summed E-state index contributed by atoms with van der Waals surface area (Å²) in [6.45, 7) is 7.79. The smallest absolute Gasteiger partial charge is 0.358 e. The molecule has 6 nitrogen and oxygen atoms in total. The summed E-state index contributed by atoms with van der Waals surface area (Å²) in [7, 11) is 0. The van der Waals surface area contributed by atoms with Crippen molar-refractivity contribution in [1.82, 2.24) is 4.98 Å². The van der Waals surface area contributed by atoms with Crippen molar-refractivity contribution >= 4 is 17.6 Å². The average Bonchev–Trinajstić information content (AvgIpc) is 3.07. The van der Waals surface area contributed by atoms with Crippen LogP contribution in [-0.2, 0) is 10.2 Å². The van der Waals surface area contributed by atoms with Gasteiger partial charge in [0.1, 0.15) is 0 Å². The second-order valence-electron chi connectivity index (χ2n) is 7.59. The molecule has 0 saturated heterocycles. The molecule has 6 heteroatoms. The molecule has 144 valence electrons. The fourth-order valence-electron chi connectivity index (χ4n) is 2.81. The molecule has 0 aliphatic heterocycles. The van der Waals surface area contributed by atoms with Crippen LogP contribution in [-0.4, -0.2) is 22.0 Å². The Morgan fingerprint density at radius 3 is 2.04 bits per heavy atom. The minimum Gasteiger partial charge on any atom is -0.476 e. The Bertz CT molecular complexity index is 1010. The number of carbonyl (C=O) groups excluding carboxylic acids is 1. The SMILES string of the molecule is CC(=O)Nc1ccc(-c2oc(-c3ccc(C(C)(C)C)cc3)nc2C(=O)O)cc1. The standard InChI is InChI=1S/C22H22N2O4/c1-13(25)23-17-11-7-14(8-12-17)19-18(21(26)27)24-20(28-19)15-5-9-16(10-6-15)22(2,3)4/h5-12H,1-4H3,(H,23,25)(H,26,27). The van der Waals surface area contributed by atoms with Gasteiger partial charge >= 0.3 is 5.97 Å². The Labute approximate surface area is 163 Å². The van der Waals surface area contributed by atoms with Crippen LogP contribution in [0.3, 0.4) is 0 Å². The summed E-state index contributed by atoms with van der Waals surface area (Å²) in [6, 6.07) is 14.5. The van der Waals surface area contributed by atoms with Crippen molar-refractivity contribution in [1.29, 1.82) is 0 Å². The Morgan fingerprint density at radius 1 is 0.964 bits per heavy atom. The minimum absolute atomic E-state index is 0.0160. The first-order chi connectivity index (χ1) is 13.1. The van der Waals surface area contributed by atoms with Gasteiger partial charge in [0.2, 0.25) is 11.8 Å². The largest absolute Gasteiger partial charge is 0.476 e. The monoisotopic (exact) mass is 378 g/mol. The molecule has 1 aromatic heterocycles. The fraction of sp³-hybridized carbons (Fsp3) is 0.227. The van der Waals surface area contributed by atoms with Crippen LogP contribution in [0.5, 0.6) is 0 Å². The Hall–Kier alpha value is -3.41. The van der Waals surface area contributed by atoms with Crippen molar-refractivity contribution in [2.75, 3.05) is 5.32 Å². The van der Waals surface area contributed by atoms with Crippen LogP contribution in [0.15, 0.2) is 52.9 Å². The third-order valence-electron chi connectivity index (χ3n) is 4.30. The Kier molecular flexibility index (Phi) is 5.05. The number of hydrogen-bond acceptors (Lipinski definition) is 4. The molecule has 0 aliphatic carbocycles. The molecule has 2 aromatic carbocycles. The number of carboxylic acids is 1. The lowest BCUT2D eigenvalue weighted by Gasteiger charge is -2.18. The quantitative estimate of drug-likeness (QED) is 0.669. The molecule has 0 bridgehead atoms. The molecule has 28 heavy (non-hydrogen) atoms. The van der Waals surface area contributed by atoms with E-state index in [0.29, 0.717) is 16.8 Å². The number of oxazole rings is 1. The van der Waals surface area contributed by atoms with Crippen molar-refractivity contribution in [2.45, 2.75) is 33.1 Å². The summed E-state index contributed by atoms with van der Waals surface area (Å²) in [5.74, 6) is -0.919. The number of rotatable bonds is 4. The summed E-state index contributed by atoms with van der Waals surface area (Å²) in [4.78, 5) is 27.0. The van der Waals surface area contributed by atoms with Crippen molar-refractivity contribution in [3.05, 3.63) is 59.8 Å². The van der Waals surface area contributed by atoms with E-state index in [-0.39, 0.29) is 28.7 Å². The van der Waals surface area contributed by atoms with Crippen LogP contribution in [0.1, 0.15) is 43.7 Å². The Balaban J connectivity index is 1.98. The van der Waals surface area contributed by atoms with Gasteiger partial charge in [-0.1, -0.05) is 32.9 Å². The third kappa shape index (κ3) is 4.11. The van der Waals surface area contributed by atoms with E-state index >= 15 is 0 Å². The van der Waals surface area contributed by atoms with Gasteiger partial charge < -0.3 is 14.8 Å². The first-order valence-electron chi connectivity index (χ1n) is 8.88. The van der Waals surface area contributed by atoms with Crippen LogP contribution in [0.2, 0.25) is 0 Å². The van der Waals surface area contributed by atoms with Gasteiger partial charge in [-0.15, -0.1) is 0 Å². The van der Waals surface area contributed by atoms with Crippen LogP contribution in [0.25, 0.3) is 22.8 Å². The molecule has 1 heterocycles. The lowest BCUT2D eigenvalue weighted by molar-refractivity contribution is -0.114. The number of carbonyl (C=O) groups is 2. The zero-order chi connectivity index (χ0) is 20.5. The Morgan fingerprint density at radius 2 is 1.54 bits per heavy atom. The second kappa shape index (κ2) is 7.31. The van der Waals surface area contributed by atoms with Crippen molar-refractivity contribution < 1.29 is 19.1 Å². The van der Waals surface area contributed by atoms with E-state index in [9.17, 15) is 14.7 Å². The van der Waals surface area contributed by atoms with Gasteiger partial charge in [-0.3, -0.25) is 4.79 Å². The van der Waals surface area contributed by atoms with Crippen molar-refractivity contribution in [3.63, 3.8) is 0 Å². The molecule has 3 aromatic rings. The summed E-state index contributed by atoms with van der Waals surface area (Å²) in [5.41, 5.74) is 2.92. The molecule has 0 atom stereocenters. The summed E-state index contributed by atoms with van der Waals surface area (Å²) in [5, 5.41) is 12.2. The minimum atomic E-state index is -1.16. The molecule has 0 unspecified atom stereocenters. The van der Waals surface area contributed by atoms with Crippen molar-refractivity contribution in [2.24, 2.45) is 0 Å².